The molecule has 10 aromatic rings. The summed E-state index contributed by atoms with van der Waals surface area (Å²) in [6.45, 7) is 51.3. The van der Waals surface area contributed by atoms with E-state index in [0.717, 1.165) is 28.7 Å². The van der Waals surface area contributed by atoms with Crippen LogP contribution >= 0.6 is 0 Å². The van der Waals surface area contributed by atoms with Gasteiger partial charge in [-0.05, 0) is 151 Å². The Labute approximate surface area is 562 Å². The van der Waals surface area contributed by atoms with E-state index in [1.54, 1.807) is 12.5 Å². The third kappa shape index (κ3) is 33.8. The smallest absolute Gasteiger partial charge is 0.115 e. The molecule has 0 saturated heterocycles. The Morgan fingerprint density at radius 2 is 0.978 bits per heavy atom. The van der Waals surface area contributed by atoms with Gasteiger partial charge in [0.05, 0.1) is 23.9 Å². The van der Waals surface area contributed by atoms with Crippen LogP contribution in [0.4, 0.5) is 0 Å². The van der Waals surface area contributed by atoms with Crippen LogP contribution in [-0.4, -0.2) is 83.3 Å². The summed E-state index contributed by atoms with van der Waals surface area (Å²) in [6.07, 6.45) is 28.0. The molecule has 0 saturated carbocycles. The van der Waals surface area contributed by atoms with Crippen LogP contribution in [0.3, 0.4) is 0 Å². The van der Waals surface area contributed by atoms with Crippen LogP contribution in [0.2, 0.25) is 0 Å². The van der Waals surface area contributed by atoms with Gasteiger partial charge in [0, 0.05) is 138 Å². The lowest BCUT2D eigenvalue weighted by Gasteiger charge is -2.05. The molecule has 0 spiro atoms. The molecule has 0 radical (unpaired) electrons. The van der Waals surface area contributed by atoms with Crippen LogP contribution < -0.4 is 0 Å². The van der Waals surface area contributed by atoms with E-state index in [4.69, 9.17) is 0 Å². The predicted molar refractivity (Wildman–Crippen MR) is 389 cm³/mol. The molecule has 0 atom stereocenters. The number of pyridine rings is 3. The highest BCUT2D eigenvalue weighted by Crippen LogP contribution is 2.19. The zero-order valence-corrected chi connectivity index (χ0v) is 62.7. The van der Waals surface area contributed by atoms with Crippen molar-refractivity contribution in [3.05, 3.63) is 221 Å². The monoisotopic (exact) mass is 1270 g/mol. The van der Waals surface area contributed by atoms with Gasteiger partial charge in [-0.2, -0.15) is 15.3 Å². The highest BCUT2D eigenvalue weighted by atomic mass is 15.3. The Bertz CT molecular complexity index is 3150. The first-order valence-corrected chi connectivity index (χ1v) is 33.1. The van der Waals surface area contributed by atoms with Crippen LogP contribution in [0, 0.1) is 27.7 Å². The molecular weight excluding hydrogens is 1150 g/mol. The third-order valence-electron chi connectivity index (χ3n) is 14.6. The minimum absolute atomic E-state index is 0.534. The molecule has 0 fully saturated rings. The van der Waals surface area contributed by atoms with Crippen molar-refractivity contribution >= 4 is 0 Å². The largest absolute Gasteiger partial charge is 0.346 e. The molecular formula is C76H121N17. The summed E-state index contributed by atoms with van der Waals surface area (Å²) in [7, 11) is 9.95. The van der Waals surface area contributed by atoms with E-state index in [1.807, 2.05) is 178 Å². The number of nitrogens with one attached hydrogen (secondary N) is 1. The highest BCUT2D eigenvalue weighted by Gasteiger charge is 2.08. The number of nitrogens with zero attached hydrogens (tertiary/aromatic N) is 16. The zero-order valence-electron chi connectivity index (χ0n) is 62.7. The molecule has 0 aliphatic heterocycles. The summed E-state index contributed by atoms with van der Waals surface area (Å²) < 4.78 is 9.81. The molecule has 0 amide bonds. The van der Waals surface area contributed by atoms with Crippen molar-refractivity contribution in [3.63, 3.8) is 0 Å². The van der Waals surface area contributed by atoms with Gasteiger partial charge in [0.25, 0.3) is 0 Å². The highest BCUT2D eigenvalue weighted by molar-refractivity contribution is 5.19. The van der Waals surface area contributed by atoms with Crippen LogP contribution in [0.15, 0.2) is 142 Å². The topological polar surface area (TPSA) is 182 Å². The summed E-state index contributed by atoms with van der Waals surface area (Å²) in [6, 6.07) is 16.3. The summed E-state index contributed by atoms with van der Waals surface area (Å²) in [5.74, 6) is 7.86. The van der Waals surface area contributed by atoms with E-state index in [2.05, 4.69) is 235 Å². The number of rotatable bonds is 10. The first-order valence-electron chi connectivity index (χ1n) is 33.1. The molecule has 17 nitrogen and oxygen atoms in total. The van der Waals surface area contributed by atoms with Gasteiger partial charge in [-0.1, -0.05) is 151 Å². The van der Waals surface area contributed by atoms with Crippen LogP contribution in [0.25, 0.3) is 0 Å². The standard InChI is InChI=1S/3C8H14N2.3C8H11N.2C7H12N2.C7H10N2.C7H12N2/c1-6(2)8-5-9-7(3)10(8)4;1-6(2)8-5-10(4)9-7(8)3;1-6(2)8-5-7(3)9-10(8)4;1-7(2)8-3-5-9-6-4-8;1-7(2)8-4-3-5-9-6-8;1-7(2)8-5-3-4-6-9-8;1-6(2)7-4-8-5-9(7)3;1-6(2)7-4-8-9(3)5-7;1-6(2)7-3-8-5-9-4-7;1-5(2)7-4-8-6(3)9-7/h3*5-6H,1-4H3;3*3-7H,1-2H3;2*4-6H,1-3H3;3-6H,1-2H3;4-5H,1-3H3,(H,8,9). The van der Waals surface area contributed by atoms with Crippen molar-refractivity contribution in [1.82, 2.24) is 83.3 Å². The van der Waals surface area contributed by atoms with Gasteiger partial charge >= 0.3 is 0 Å². The van der Waals surface area contributed by atoms with E-state index < -0.39 is 0 Å². The van der Waals surface area contributed by atoms with Crippen LogP contribution in [0.5, 0.6) is 0 Å². The number of aromatic nitrogens is 17. The minimum atomic E-state index is 0.534. The average molecular weight is 1270 g/mol. The first kappa shape index (κ1) is 82.8. The SMILES string of the molecule is CC(C)c1ccccn1.CC(C)c1cccnc1.CC(C)c1ccncc1.CC(C)c1cncn1C.CC(C)c1cncnc1.CC(C)c1cnn(C)c1.Cc1cc(C(C)C)n(C)n1.Cc1ncc(C(C)C)[nH]1.Cc1ncc(C(C)C)n1C.Cc1nn(C)cc1C(C)C. The molecule has 0 aliphatic carbocycles. The Balaban J connectivity index is 0.000000517. The number of hydrogen-bond acceptors (Lipinski definition) is 11. The van der Waals surface area contributed by atoms with Gasteiger partial charge in [-0.3, -0.25) is 29.0 Å². The molecule has 10 rings (SSSR count). The Hall–Kier alpha value is -8.21. The lowest BCUT2D eigenvalue weighted by atomic mass is 10.1. The molecule has 10 aromatic heterocycles. The Kier molecular flexibility index (Phi) is 39.5. The summed E-state index contributed by atoms with van der Waals surface area (Å²) in [5.41, 5.74) is 15.0. The van der Waals surface area contributed by atoms with Crippen molar-refractivity contribution in [2.45, 2.75) is 225 Å². The lowest BCUT2D eigenvalue weighted by molar-refractivity contribution is 0.665. The molecule has 10 heterocycles. The fourth-order valence-electron chi connectivity index (χ4n) is 8.60. The lowest BCUT2D eigenvalue weighted by Crippen LogP contribution is -1.99. The third-order valence-corrected chi connectivity index (χ3v) is 14.6. The Morgan fingerprint density at radius 3 is 1.24 bits per heavy atom. The predicted octanol–water partition coefficient (Wildman–Crippen LogP) is 18.7. The number of hydrogen-bond donors (Lipinski definition) is 1. The minimum Gasteiger partial charge on any atom is -0.346 e. The van der Waals surface area contributed by atoms with Crippen molar-refractivity contribution in [2.24, 2.45) is 35.2 Å². The average Bonchev–Trinajstić information content (AvgIpc) is 2.62. The van der Waals surface area contributed by atoms with Crippen molar-refractivity contribution in [2.75, 3.05) is 0 Å². The Morgan fingerprint density at radius 1 is 0.398 bits per heavy atom. The number of aryl methyl sites for hydroxylation is 8. The molecule has 0 aliphatic rings. The van der Waals surface area contributed by atoms with Crippen molar-refractivity contribution in [1.29, 1.82) is 0 Å². The van der Waals surface area contributed by atoms with Gasteiger partial charge in [0.1, 0.15) is 18.0 Å². The molecule has 510 valence electrons. The van der Waals surface area contributed by atoms with E-state index in [1.165, 1.54) is 50.6 Å². The number of aromatic amines is 1. The molecule has 0 aromatic carbocycles. The fourth-order valence-corrected chi connectivity index (χ4v) is 8.60. The van der Waals surface area contributed by atoms with Crippen molar-refractivity contribution < 1.29 is 0 Å². The van der Waals surface area contributed by atoms with E-state index in [-0.39, 0.29) is 0 Å². The summed E-state index contributed by atoms with van der Waals surface area (Å²) in [5, 5.41) is 12.6. The number of H-pyrrole nitrogens is 1. The molecule has 93 heavy (non-hydrogen) atoms. The van der Waals surface area contributed by atoms with Crippen LogP contribution in [0.1, 0.15) is 277 Å². The normalized spacial score (nSPS) is 10.5. The zero-order chi connectivity index (χ0) is 70.5. The molecule has 17 heteroatoms. The molecule has 0 bridgehead atoms. The van der Waals surface area contributed by atoms with Gasteiger partial charge in [-0.15, -0.1) is 0 Å². The summed E-state index contributed by atoms with van der Waals surface area (Å²) >= 11 is 0. The second-order valence-corrected chi connectivity index (χ2v) is 26.3. The number of imidazole rings is 3. The van der Waals surface area contributed by atoms with Crippen molar-refractivity contribution in [3.8, 4) is 0 Å². The van der Waals surface area contributed by atoms with Gasteiger partial charge in [0.15, 0.2) is 0 Å². The van der Waals surface area contributed by atoms with E-state index >= 15 is 0 Å². The maximum atomic E-state index is 4.25. The quantitative estimate of drug-likeness (QED) is 0.138. The van der Waals surface area contributed by atoms with Gasteiger partial charge in [0.2, 0.25) is 0 Å². The maximum absolute atomic E-state index is 4.25. The second kappa shape index (κ2) is 44.4. The van der Waals surface area contributed by atoms with Gasteiger partial charge in [-0.25, -0.2) is 24.9 Å². The van der Waals surface area contributed by atoms with E-state index in [0.29, 0.717) is 59.2 Å². The van der Waals surface area contributed by atoms with Crippen LogP contribution in [-0.2, 0) is 35.2 Å². The second-order valence-electron chi connectivity index (χ2n) is 26.3. The van der Waals surface area contributed by atoms with Gasteiger partial charge < -0.3 is 14.1 Å². The molecule has 0 unspecified atom stereocenters. The van der Waals surface area contributed by atoms with E-state index in [9.17, 15) is 0 Å². The maximum Gasteiger partial charge on any atom is 0.115 e. The first-order chi connectivity index (χ1) is 43.7. The summed E-state index contributed by atoms with van der Waals surface area (Å²) in [4.78, 5) is 35.4. The fraction of sp³-hybridized carbons (Fsp3) is 0.513. The molecule has 1 N–H and O–H groups in total.